The largest absolute Gasteiger partial charge is 0.275 e. The van der Waals surface area contributed by atoms with Crippen molar-refractivity contribution < 1.29 is 19.2 Å². The lowest BCUT2D eigenvalue weighted by molar-refractivity contribution is -0.138. The molecule has 0 spiro atoms. The quantitative estimate of drug-likeness (QED) is 0.0875. The van der Waals surface area contributed by atoms with Gasteiger partial charge in [-0.25, -0.2) is 0 Å². The van der Waals surface area contributed by atoms with Gasteiger partial charge < -0.3 is 0 Å². The van der Waals surface area contributed by atoms with Crippen molar-refractivity contribution in [3.05, 3.63) is 24.3 Å². The van der Waals surface area contributed by atoms with Crippen LogP contribution in [0.4, 0.5) is 0 Å². The number of hydrogen-bond acceptors (Lipinski definition) is 4. The number of carbonyl (C=O) groups excluding carboxylic acids is 4. The monoisotopic (exact) mass is 596 g/mol. The fourth-order valence-corrected chi connectivity index (χ4v) is 7.97. The van der Waals surface area contributed by atoms with Gasteiger partial charge in [0.25, 0.3) is 23.6 Å². The van der Waals surface area contributed by atoms with E-state index < -0.39 is 0 Å². The SMILES string of the molecule is CCCCCCCC1CCC(CCCCCCN2C(=O)C=CC2=O)C(CCCCCN2C(=O)C=CC2=O)C1CCCCC. The van der Waals surface area contributed by atoms with Crippen LogP contribution in [0.5, 0.6) is 0 Å². The van der Waals surface area contributed by atoms with Crippen molar-refractivity contribution in [2.45, 2.75) is 149 Å². The van der Waals surface area contributed by atoms with Gasteiger partial charge in [0.05, 0.1) is 0 Å². The standard InChI is InChI=1S/C37H60N2O4/c1-3-5-7-8-13-18-30-22-23-31(19-14-9-10-16-28-38-34(40)24-25-35(38)41)33(32(30)20-12-6-4-2)21-15-11-17-29-39-36(42)26-27-37(39)43/h24-27,30-33H,3-23,28-29H2,1-2H3. The van der Waals surface area contributed by atoms with Gasteiger partial charge in [-0.05, 0) is 62.2 Å². The number of hydrogen-bond donors (Lipinski definition) is 0. The summed E-state index contributed by atoms with van der Waals surface area (Å²) in [5.74, 6) is 2.63. The first kappa shape index (κ1) is 35.2. The van der Waals surface area contributed by atoms with E-state index in [0.29, 0.717) is 13.1 Å². The zero-order valence-corrected chi connectivity index (χ0v) is 27.4. The smallest absolute Gasteiger partial charge is 0.253 e. The molecule has 0 N–H and O–H groups in total. The van der Waals surface area contributed by atoms with Gasteiger partial charge in [0.2, 0.25) is 0 Å². The second-order valence-corrected chi connectivity index (χ2v) is 13.5. The maximum absolute atomic E-state index is 11.9. The van der Waals surface area contributed by atoms with Crippen LogP contribution in [0.15, 0.2) is 24.3 Å². The summed E-state index contributed by atoms with van der Waals surface area (Å²) in [6.07, 6.45) is 31.9. The first-order valence-electron chi connectivity index (χ1n) is 18.0. The average molecular weight is 597 g/mol. The van der Waals surface area contributed by atoms with Crippen molar-refractivity contribution in [1.29, 1.82) is 0 Å². The summed E-state index contributed by atoms with van der Waals surface area (Å²) in [7, 11) is 0. The molecule has 242 valence electrons. The van der Waals surface area contributed by atoms with Crippen LogP contribution < -0.4 is 0 Å². The van der Waals surface area contributed by atoms with Gasteiger partial charge in [-0.15, -0.1) is 0 Å². The lowest BCUT2D eigenvalue weighted by Gasteiger charge is -2.44. The molecule has 0 bridgehead atoms. The Kier molecular flexibility index (Phi) is 16.3. The maximum atomic E-state index is 11.9. The number of carbonyl (C=O) groups is 4. The summed E-state index contributed by atoms with van der Waals surface area (Å²) in [6, 6.07) is 0. The molecule has 2 heterocycles. The molecule has 0 radical (unpaired) electrons. The van der Waals surface area contributed by atoms with E-state index in [1.807, 2.05) is 0 Å². The van der Waals surface area contributed by atoms with Gasteiger partial charge in [-0.3, -0.25) is 29.0 Å². The van der Waals surface area contributed by atoms with Crippen LogP contribution in [0.1, 0.15) is 149 Å². The molecule has 43 heavy (non-hydrogen) atoms. The number of rotatable bonds is 23. The van der Waals surface area contributed by atoms with E-state index in [2.05, 4.69) is 13.8 Å². The fraction of sp³-hybridized carbons (Fsp3) is 0.784. The molecule has 4 atom stereocenters. The first-order chi connectivity index (χ1) is 21.0. The molecule has 3 aliphatic rings. The summed E-state index contributed by atoms with van der Waals surface area (Å²) in [5.41, 5.74) is 0. The van der Waals surface area contributed by atoms with Gasteiger partial charge in [0.1, 0.15) is 0 Å². The summed E-state index contributed by atoms with van der Waals surface area (Å²) in [5, 5.41) is 0. The predicted octanol–water partition coefficient (Wildman–Crippen LogP) is 8.55. The average Bonchev–Trinajstić information content (AvgIpc) is 3.50. The third kappa shape index (κ3) is 11.6. The van der Waals surface area contributed by atoms with Crippen molar-refractivity contribution in [3.63, 3.8) is 0 Å². The normalized spacial score (nSPS) is 23.9. The molecule has 3 rings (SSSR count). The minimum absolute atomic E-state index is 0.162. The van der Waals surface area contributed by atoms with Crippen LogP contribution in [0.3, 0.4) is 0 Å². The molecular weight excluding hydrogens is 536 g/mol. The minimum atomic E-state index is -0.167. The number of imide groups is 2. The molecular formula is C37H60N2O4. The van der Waals surface area contributed by atoms with Crippen molar-refractivity contribution in [1.82, 2.24) is 9.80 Å². The van der Waals surface area contributed by atoms with Crippen LogP contribution in [-0.4, -0.2) is 46.5 Å². The Morgan fingerprint density at radius 1 is 0.465 bits per heavy atom. The highest BCUT2D eigenvalue weighted by molar-refractivity contribution is 6.13. The van der Waals surface area contributed by atoms with Gasteiger partial charge in [-0.1, -0.05) is 110 Å². The third-order valence-electron chi connectivity index (χ3n) is 10.4. The Balaban J connectivity index is 1.52. The van der Waals surface area contributed by atoms with E-state index in [4.69, 9.17) is 0 Å². The molecule has 0 aromatic rings. The topological polar surface area (TPSA) is 74.8 Å². The Hall–Kier alpha value is -2.24. The Bertz CT molecular complexity index is 905. The highest BCUT2D eigenvalue weighted by atomic mass is 16.2. The highest BCUT2D eigenvalue weighted by Gasteiger charge is 2.37. The van der Waals surface area contributed by atoms with E-state index in [9.17, 15) is 19.2 Å². The molecule has 4 unspecified atom stereocenters. The predicted molar refractivity (Wildman–Crippen MR) is 174 cm³/mol. The first-order valence-corrected chi connectivity index (χ1v) is 18.0. The van der Waals surface area contributed by atoms with E-state index in [1.165, 1.54) is 143 Å². The summed E-state index contributed by atoms with van der Waals surface area (Å²) < 4.78 is 0. The molecule has 6 heteroatoms. The molecule has 0 aromatic carbocycles. The lowest BCUT2D eigenvalue weighted by atomic mass is 9.61. The summed E-state index contributed by atoms with van der Waals surface area (Å²) in [6.45, 7) is 5.69. The number of unbranched alkanes of at least 4 members (excludes halogenated alkanes) is 11. The van der Waals surface area contributed by atoms with Gasteiger partial charge in [0, 0.05) is 37.4 Å². The van der Waals surface area contributed by atoms with E-state index in [0.717, 1.165) is 49.4 Å². The molecule has 0 saturated heterocycles. The molecule has 1 fully saturated rings. The fourth-order valence-electron chi connectivity index (χ4n) is 7.97. The highest BCUT2D eigenvalue weighted by Crippen LogP contribution is 2.47. The minimum Gasteiger partial charge on any atom is -0.275 e. The zero-order valence-electron chi connectivity index (χ0n) is 27.4. The molecule has 4 amide bonds. The summed E-state index contributed by atoms with van der Waals surface area (Å²) >= 11 is 0. The van der Waals surface area contributed by atoms with Gasteiger partial charge >= 0.3 is 0 Å². The van der Waals surface area contributed by atoms with Crippen LogP contribution in [-0.2, 0) is 19.2 Å². The third-order valence-corrected chi connectivity index (χ3v) is 10.4. The van der Waals surface area contributed by atoms with Crippen LogP contribution in [0.25, 0.3) is 0 Å². The van der Waals surface area contributed by atoms with Crippen molar-refractivity contribution in [2.75, 3.05) is 13.1 Å². The van der Waals surface area contributed by atoms with E-state index in [1.54, 1.807) is 0 Å². The van der Waals surface area contributed by atoms with E-state index in [-0.39, 0.29) is 23.6 Å². The second-order valence-electron chi connectivity index (χ2n) is 13.5. The molecule has 1 saturated carbocycles. The van der Waals surface area contributed by atoms with Gasteiger partial charge in [-0.2, -0.15) is 0 Å². The second kappa shape index (κ2) is 19.9. The van der Waals surface area contributed by atoms with Crippen LogP contribution >= 0.6 is 0 Å². The number of amides is 4. The molecule has 1 aliphatic carbocycles. The van der Waals surface area contributed by atoms with E-state index >= 15 is 0 Å². The zero-order chi connectivity index (χ0) is 30.9. The Morgan fingerprint density at radius 2 is 0.791 bits per heavy atom. The van der Waals surface area contributed by atoms with Crippen molar-refractivity contribution >= 4 is 23.6 Å². The molecule has 0 aromatic heterocycles. The van der Waals surface area contributed by atoms with Crippen molar-refractivity contribution in [2.24, 2.45) is 23.7 Å². The van der Waals surface area contributed by atoms with Gasteiger partial charge in [0.15, 0.2) is 0 Å². The molecule has 6 nitrogen and oxygen atoms in total. The Morgan fingerprint density at radius 3 is 1.23 bits per heavy atom. The van der Waals surface area contributed by atoms with Crippen molar-refractivity contribution in [3.8, 4) is 0 Å². The maximum Gasteiger partial charge on any atom is 0.253 e. The summed E-state index contributed by atoms with van der Waals surface area (Å²) in [4.78, 5) is 50.3. The lowest BCUT2D eigenvalue weighted by Crippen LogP contribution is -2.35. The Labute approximate surface area is 262 Å². The number of nitrogens with zero attached hydrogens (tertiary/aromatic N) is 2. The van der Waals surface area contributed by atoms with Crippen LogP contribution in [0, 0.1) is 23.7 Å². The molecule has 2 aliphatic heterocycles. The van der Waals surface area contributed by atoms with Crippen LogP contribution in [0.2, 0.25) is 0 Å².